The van der Waals surface area contributed by atoms with Gasteiger partial charge in [0.1, 0.15) is 5.75 Å². The van der Waals surface area contributed by atoms with Crippen LogP contribution in [0.4, 0.5) is 5.69 Å². The number of hydrogen-bond acceptors (Lipinski definition) is 5. The average molecular weight is 427 g/mol. The van der Waals surface area contributed by atoms with Gasteiger partial charge in [0.25, 0.3) is 0 Å². The smallest absolute Gasteiger partial charge is 0.248 e. The lowest BCUT2D eigenvalue weighted by Crippen LogP contribution is -2.50. The zero-order chi connectivity index (χ0) is 18.6. The molecule has 7 nitrogen and oxygen atoms in total. The van der Waals surface area contributed by atoms with Gasteiger partial charge in [-0.05, 0) is 50.1 Å². The molecule has 0 aliphatic carbocycles. The van der Waals surface area contributed by atoms with Gasteiger partial charge in [-0.15, -0.1) is 24.8 Å². The lowest BCUT2D eigenvalue weighted by atomic mass is 9.93. The van der Waals surface area contributed by atoms with Crippen LogP contribution >= 0.6 is 24.8 Å². The van der Waals surface area contributed by atoms with Crippen molar-refractivity contribution in [1.29, 1.82) is 0 Å². The molecule has 2 amide bonds. The van der Waals surface area contributed by atoms with E-state index in [1.807, 2.05) is 6.92 Å². The number of nitrogens with one attached hydrogen (secondary N) is 2. The molecule has 0 bridgehead atoms. The number of carbonyl (C=O) groups excluding carboxylic acids is 2. The highest BCUT2D eigenvalue weighted by Crippen LogP contribution is 2.26. The van der Waals surface area contributed by atoms with Gasteiger partial charge in [0, 0.05) is 11.6 Å². The number of nitrogens with zero attached hydrogens (tertiary/aromatic N) is 1. The number of carbonyl (C=O) groups is 2. The third-order valence-electron chi connectivity index (χ3n) is 4.62. The summed E-state index contributed by atoms with van der Waals surface area (Å²) in [6.07, 6.45) is 4.12. The third-order valence-corrected chi connectivity index (χ3v) is 4.62. The highest BCUT2D eigenvalue weighted by molar-refractivity contribution is 5.98. The molecule has 152 valence electrons. The number of benzene rings is 1. The lowest BCUT2D eigenvalue weighted by molar-refractivity contribution is -0.122. The molecule has 1 unspecified atom stereocenters. The zero-order valence-electron chi connectivity index (χ0n) is 15.4. The summed E-state index contributed by atoms with van der Waals surface area (Å²) in [6.45, 7) is 2.87. The van der Waals surface area contributed by atoms with E-state index in [0.717, 1.165) is 25.8 Å². The second-order valence-corrected chi connectivity index (χ2v) is 6.30. The molecule has 4 N–H and O–H groups in total. The molecule has 1 aromatic carbocycles. The topological polar surface area (TPSA) is 106 Å². The molecule has 1 saturated heterocycles. The fourth-order valence-corrected chi connectivity index (χ4v) is 3.06. The Bertz CT molecular complexity index is 809. The van der Waals surface area contributed by atoms with Gasteiger partial charge in [0.15, 0.2) is 0 Å². The molecule has 1 aromatic heterocycles. The molecule has 1 atom stereocenters. The van der Waals surface area contributed by atoms with Crippen LogP contribution in [0.15, 0.2) is 42.6 Å². The minimum Gasteiger partial charge on any atom is -0.439 e. The zero-order valence-corrected chi connectivity index (χ0v) is 17.1. The Kier molecular flexibility index (Phi) is 8.68. The summed E-state index contributed by atoms with van der Waals surface area (Å²) < 4.78 is 5.63. The Morgan fingerprint density at radius 2 is 2.07 bits per heavy atom. The molecule has 0 saturated carbocycles. The van der Waals surface area contributed by atoms with Gasteiger partial charge < -0.3 is 21.1 Å². The van der Waals surface area contributed by atoms with E-state index in [1.54, 1.807) is 42.6 Å². The largest absolute Gasteiger partial charge is 0.439 e. The summed E-state index contributed by atoms with van der Waals surface area (Å²) in [5.41, 5.74) is 5.73. The van der Waals surface area contributed by atoms with E-state index in [2.05, 4.69) is 15.6 Å². The van der Waals surface area contributed by atoms with Crippen molar-refractivity contribution in [1.82, 2.24) is 10.3 Å². The Morgan fingerprint density at radius 3 is 2.64 bits per heavy atom. The predicted octanol–water partition coefficient (Wildman–Crippen LogP) is 3.29. The van der Waals surface area contributed by atoms with Crippen molar-refractivity contribution in [2.75, 3.05) is 11.9 Å². The Balaban J connectivity index is 0.00000196. The maximum Gasteiger partial charge on any atom is 0.248 e. The first-order valence-electron chi connectivity index (χ1n) is 8.63. The van der Waals surface area contributed by atoms with Crippen LogP contribution in [0.5, 0.6) is 11.6 Å². The predicted molar refractivity (Wildman–Crippen MR) is 113 cm³/mol. The average Bonchev–Trinajstić information content (AvgIpc) is 3.14. The number of rotatable bonds is 6. The van der Waals surface area contributed by atoms with Gasteiger partial charge >= 0.3 is 0 Å². The van der Waals surface area contributed by atoms with Crippen LogP contribution in [-0.2, 0) is 4.79 Å². The molecule has 1 fully saturated rings. The van der Waals surface area contributed by atoms with E-state index in [4.69, 9.17) is 10.5 Å². The van der Waals surface area contributed by atoms with E-state index in [-0.39, 0.29) is 30.7 Å². The number of hydrogen-bond donors (Lipinski definition) is 3. The Hall–Kier alpha value is -2.35. The fourth-order valence-electron chi connectivity index (χ4n) is 3.06. The van der Waals surface area contributed by atoms with Crippen LogP contribution in [0.1, 0.15) is 36.5 Å². The summed E-state index contributed by atoms with van der Waals surface area (Å²) in [4.78, 5) is 28.0. The first-order chi connectivity index (χ1) is 12.5. The van der Waals surface area contributed by atoms with Gasteiger partial charge in [-0.3, -0.25) is 9.59 Å². The molecular weight excluding hydrogens is 403 g/mol. The highest BCUT2D eigenvalue weighted by atomic mass is 35.5. The van der Waals surface area contributed by atoms with Crippen molar-refractivity contribution in [3.63, 3.8) is 0 Å². The summed E-state index contributed by atoms with van der Waals surface area (Å²) in [7, 11) is 0. The van der Waals surface area contributed by atoms with Crippen molar-refractivity contribution in [2.24, 2.45) is 5.73 Å². The molecule has 9 heteroatoms. The molecule has 0 radical (unpaired) electrons. The summed E-state index contributed by atoms with van der Waals surface area (Å²) in [5, 5.41) is 6.21. The minimum absolute atomic E-state index is 0. The van der Waals surface area contributed by atoms with Crippen LogP contribution in [0.25, 0.3) is 0 Å². The van der Waals surface area contributed by atoms with Crippen molar-refractivity contribution < 1.29 is 14.3 Å². The SMILES string of the molecule is CCC1(C(=O)Nc2ccc(Oc3cccc(C(N)=O)c3)nc2)CCCN1.Cl.Cl. The number of halogens is 2. The Morgan fingerprint density at radius 1 is 1.29 bits per heavy atom. The fraction of sp³-hybridized carbons (Fsp3) is 0.316. The molecule has 3 rings (SSSR count). The van der Waals surface area contributed by atoms with Gasteiger partial charge in [0.05, 0.1) is 17.4 Å². The number of primary amides is 1. The van der Waals surface area contributed by atoms with Crippen LogP contribution in [-0.4, -0.2) is 28.9 Å². The van der Waals surface area contributed by atoms with E-state index >= 15 is 0 Å². The molecule has 1 aliphatic heterocycles. The molecule has 1 aliphatic rings. The second-order valence-electron chi connectivity index (χ2n) is 6.30. The van der Waals surface area contributed by atoms with Crippen LogP contribution in [0.2, 0.25) is 0 Å². The minimum atomic E-state index is -0.521. The standard InChI is InChI=1S/C19H22N4O3.2ClH/c1-2-19(9-4-10-22-19)18(25)23-14-7-8-16(21-12-14)26-15-6-3-5-13(11-15)17(20)24;;/h3,5-8,11-12,22H,2,4,9-10H2,1H3,(H2,20,24)(H,23,25);2*1H. The van der Waals surface area contributed by atoms with Crippen molar-refractivity contribution >= 4 is 42.3 Å². The number of pyridine rings is 1. The molecule has 2 aromatic rings. The van der Waals surface area contributed by atoms with Crippen LogP contribution in [0.3, 0.4) is 0 Å². The van der Waals surface area contributed by atoms with Gasteiger partial charge in [-0.1, -0.05) is 13.0 Å². The number of aromatic nitrogens is 1. The van der Waals surface area contributed by atoms with Crippen LogP contribution in [0, 0.1) is 0 Å². The van der Waals surface area contributed by atoms with E-state index in [9.17, 15) is 9.59 Å². The van der Waals surface area contributed by atoms with E-state index in [1.165, 1.54) is 0 Å². The number of nitrogens with two attached hydrogens (primary N) is 1. The maximum absolute atomic E-state index is 12.6. The normalized spacial score (nSPS) is 17.8. The van der Waals surface area contributed by atoms with Gasteiger partial charge in [-0.25, -0.2) is 4.98 Å². The van der Waals surface area contributed by atoms with Crippen LogP contribution < -0.4 is 21.1 Å². The monoisotopic (exact) mass is 426 g/mol. The van der Waals surface area contributed by atoms with Crippen molar-refractivity contribution in [3.8, 4) is 11.6 Å². The summed E-state index contributed by atoms with van der Waals surface area (Å²) >= 11 is 0. The quantitative estimate of drug-likeness (QED) is 0.656. The number of ether oxygens (including phenoxy) is 1. The first-order valence-corrected chi connectivity index (χ1v) is 8.63. The van der Waals surface area contributed by atoms with E-state index < -0.39 is 11.4 Å². The second kappa shape index (κ2) is 10.3. The Labute approximate surface area is 176 Å². The molecule has 2 heterocycles. The molecule has 28 heavy (non-hydrogen) atoms. The summed E-state index contributed by atoms with van der Waals surface area (Å²) in [5.74, 6) is 0.258. The number of amides is 2. The maximum atomic E-state index is 12.6. The third kappa shape index (κ3) is 5.34. The van der Waals surface area contributed by atoms with E-state index in [0.29, 0.717) is 22.9 Å². The first kappa shape index (κ1) is 23.7. The van der Waals surface area contributed by atoms with Crippen molar-refractivity contribution in [3.05, 3.63) is 48.2 Å². The van der Waals surface area contributed by atoms with Crippen molar-refractivity contribution in [2.45, 2.75) is 31.7 Å². The van der Waals surface area contributed by atoms with Gasteiger partial charge in [0.2, 0.25) is 17.7 Å². The summed E-state index contributed by atoms with van der Waals surface area (Å²) in [6, 6.07) is 9.95. The molecular formula is C19H24Cl2N4O3. The lowest BCUT2D eigenvalue weighted by Gasteiger charge is -2.26. The molecule has 0 spiro atoms. The van der Waals surface area contributed by atoms with Gasteiger partial charge in [-0.2, -0.15) is 0 Å². The highest BCUT2D eigenvalue weighted by Gasteiger charge is 2.39. The number of anilines is 1.